The van der Waals surface area contributed by atoms with Gasteiger partial charge in [0.25, 0.3) is 11.8 Å². The fourth-order valence-corrected chi connectivity index (χ4v) is 4.44. The van der Waals surface area contributed by atoms with Gasteiger partial charge in [0.05, 0.1) is 18.6 Å². The Bertz CT molecular complexity index is 1010. The van der Waals surface area contributed by atoms with Crippen molar-refractivity contribution in [3.63, 3.8) is 0 Å². The number of nitrogens with zero attached hydrogens (tertiary/aromatic N) is 1. The molecule has 1 aliphatic heterocycles. The maximum atomic E-state index is 13.1. The summed E-state index contributed by atoms with van der Waals surface area (Å²) in [7, 11) is 0. The Morgan fingerprint density at radius 3 is 2.06 bits per heavy atom. The molecule has 1 fully saturated rings. The molecule has 2 aromatic carbocycles. The predicted molar refractivity (Wildman–Crippen MR) is 138 cm³/mol. The van der Waals surface area contributed by atoms with E-state index in [-0.39, 0.29) is 12.0 Å². The summed E-state index contributed by atoms with van der Waals surface area (Å²) in [5, 5.41) is 3.00. The Kier molecular flexibility index (Phi) is 9.09. The molecule has 0 bridgehead atoms. The summed E-state index contributed by atoms with van der Waals surface area (Å²) in [6.45, 7) is 7.09. The quantitative estimate of drug-likeness (QED) is 0.333. The van der Waals surface area contributed by atoms with Crippen molar-refractivity contribution in [3.05, 3.63) is 59.7 Å². The van der Waals surface area contributed by atoms with Crippen molar-refractivity contribution in [2.24, 2.45) is 0 Å². The molecular weight excluding hydrogens is 462 g/mol. The van der Waals surface area contributed by atoms with E-state index in [1.54, 1.807) is 12.1 Å². The third kappa shape index (κ3) is 7.28. The molecule has 0 aromatic heterocycles. The second kappa shape index (κ2) is 11.8. The van der Waals surface area contributed by atoms with Gasteiger partial charge in [-0.25, -0.2) is 13.6 Å². The summed E-state index contributed by atoms with van der Waals surface area (Å²) in [6.07, 6.45) is 5.59. The molecule has 2 amide bonds. The van der Waals surface area contributed by atoms with Crippen LogP contribution in [0.25, 0.3) is 11.1 Å². The number of ether oxygens (including phenoxy) is 1. The van der Waals surface area contributed by atoms with Gasteiger partial charge < -0.3 is 15.0 Å². The second-order valence-electron chi connectivity index (χ2n) is 10.2. The third-order valence-electron chi connectivity index (χ3n) is 6.63. The normalized spacial score (nSPS) is 15.7. The smallest absolute Gasteiger partial charge is 0.408 e. The summed E-state index contributed by atoms with van der Waals surface area (Å²) < 4.78 is 31.8. The number of nitrogens with one attached hydrogen (secondary N) is 1. The van der Waals surface area contributed by atoms with Gasteiger partial charge in [-0.05, 0) is 61.9 Å². The molecule has 0 radical (unpaired) electrons. The van der Waals surface area contributed by atoms with Gasteiger partial charge in [0.2, 0.25) is 0 Å². The van der Waals surface area contributed by atoms with Crippen LogP contribution in [0.2, 0.25) is 0 Å². The first-order chi connectivity index (χ1) is 17.0. The van der Waals surface area contributed by atoms with Crippen LogP contribution in [0, 0.1) is 0 Å². The average Bonchev–Trinajstić information content (AvgIpc) is 2.82. The second-order valence-corrected chi connectivity index (χ2v) is 10.2. The number of alkyl halides is 2. The van der Waals surface area contributed by atoms with Crippen LogP contribution in [0.15, 0.2) is 48.5 Å². The number of benzene rings is 2. The number of hydrogen-bond donors (Lipinski definition) is 1. The highest BCUT2D eigenvalue weighted by atomic mass is 19.3. The molecule has 0 saturated carbocycles. The van der Waals surface area contributed by atoms with E-state index in [4.69, 9.17) is 4.74 Å². The predicted octanol–water partition coefficient (Wildman–Crippen LogP) is 7.16. The molecular formula is C29H38F2N2O3. The summed E-state index contributed by atoms with van der Waals surface area (Å²) >= 11 is 0. The number of rotatable bonds is 11. The number of amides is 2. The van der Waals surface area contributed by atoms with Crippen LogP contribution in [0.3, 0.4) is 0 Å². The van der Waals surface area contributed by atoms with Gasteiger partial charge in [-0.1, -0.05) is 69.5 Å². The number of likely N-dealkylation sites (tertiary alicyclic amines) is 1. The number of carbonyl (C=O) groups excluding carboxylic acids is 2. The topological polar surface area (TPSA) is 58.6 Å². The Morgan fingerprint density at radius 1 is 0.944 bits per heavy atom. The lowest BCUT2D eigenvalue weighted by molar-refractivity contribution is -0.113. The minimum Gasteiger partial charge on any atom is -0.446 e. The molecule has 0 spiro atoms. The van der Waals surface area contributed by atoms with Gasteiger partial charge in [-0.2, -0.15) is 0 Å². The molecule has 1 unspecified atom stereocenters. The molecule has 36 heavy (non-hydrogen) atoms. The zero-order valence-corrected chi connectivity index (χ0v) is 21.8. The number of halogens is 2. The minimum atomic E-state index is -2.78. The lowest BCUT2D eigenvalue weighted by atomic mass is 9.92. The molecule has 2 aromatic rings. The van der Waals surface area contributed by atoms with Crippen LogP contribution in [-0.2, 0) is 10.3 Å². The van der Waals surface area contributed by atoms with E-state index in [2.05, 4.69) is 19.2 Å². The van der Waals surface area contributed by atoms with E-state index in [0.717, 1.165) is 60.1 Å². The van der Waals surface area contributed by atoms with Crippen LogP contribution in [0.1, 0.15) is 82.1 Å². The highest BCUT2D eigenvalue weighted by Gasteiger charge is 2.46. The Balaban J connectivity index is 1.59. The van der Waals surface area contributed by atoms with Gasteiger partial charge in [-0.15, -0.1) is 0 Å². The highest BCUT2D eigenvalue weighted by Crippen LogP contribution is 2.29. The van der Waals surface area contributed by atoms with E-state index in [1.807, 2.05) is 50.2 Å². The van der Waals surface area contributed by atoms with E-state index in [9.17, 15) is 18.4 Å². The highest BCUT2D eigenvalue weighted by molar-refractivity contribution is 5.95. The van der Waals surface area contributed by atoms with Crippen LogP contribution in [0.5, 0.6) is 0 Å². The fraction of sp³-hybridized carbons (Fsp3) is 0.517. The summed E-state index contributed by atoms with van der Waals surface area (Å²) in [6, 6.07) is 14.8. The van der Waals surface area contributed by atoms with Crippen molar-refractivity contribution in [1.82, 2.24) is 10.2 Å². The van der Waals surface area contributed by atoms with Gasteiger partial charge in [-0.3, -0.25) is 4.79 Å². The van der Waals surface area contributed by atoms with Gasteiger partial charge in [0, 0.05) is 5.56 Å². The lowest BCUT2D eigenvalue weighted by Crippen LogP contribution is -2.58. The van der Waals surface area contributed by atoms with Crippen molar-refractivity contribution in [1.29, 1.82) is 0 Å². The van der Waals surface area contributed by atoms with Crippen molar-refractivity contribution < 1.29 is 23.1 Å². The first-order valence-electron chi connectivity index (χ1n) is 12.9. The van der Waals surface area contributed by atoms with E-state index in [1.165, 1.54) is 0 Å². The molecule has 1 heterocycles. The van der Waals surface area contributed by atoms with Crippen LogP contribution < -0.4 is 5.32 Å². The van der Waals surface area contributed by atoms with Crippen LogP contribution in [0.4, 0.5) is 13.6 Å². The molecule has 1 N–H and O–H groups in total. The number of unbranched alkanes of at least 4 members (excludes halogenated alkanes) is 2. The third-order valence-corrected chi connectivity index (χ3v) is 6.63. The number of carbonyl (C=O) groups is 2. The average molecular weight is 501 g/mol. The molecule has 1 saturated heterocycles. The monoisotopic (exact) mass is 500 g/mol. The summed E-state index contributed by atoms with van der Waals surface area (Å²) in [5.41, 5.74) is 2.57. The van der Waals surface area contributed by atoms with Crippen molar-refractivity contribution in [3.8, 4) is 11.1 Å². The van der Waals surface area contributed by atoms with Gasteiger partial charge in [0.15, 0.2) is 0 Å². The van der Waals surface area contributed by atoms with Crippen LogP contribution >= 0.6 is 0 Å². The van der Waals surface area contributed by atoms with Crippen LogP contribution in [-0.4, -0.2) is 42.0 Å². The Morgan fingerprint density at radius 2 is 1.53 bits per heavy atom. The zero-order valence-electron chi connectivity index (χ0n) is 21.8. The summed E-state index contributed by atoms with van der Waals surface area (Å²) in [5.74, 6) is -3.16. The minimum absolute atomic E-state index is 0.0628. The first-order valence-corrected chi connectivity index (χ1v) is 12.9. The van der Waals surface area contributed by atoms with Gasteiger partial charge in [0.1, 0.15) is 6.10 Å². The zero-order chi connectivity index (χ0) is 26.3. The van der Waals surface area contributed by atoms with E-state index < -0.39 is 30.6 Å². The molecule has 196 valence electrons. The molecule has 3 rings (SSSR count). The number of hydrogen-bond acceptors (Lipinski definition) is 3. The van der Waals surface area contributed by atoms with Crippen molar-refractivity contribution in [2.45, 2.75) is 83.8 Å². The largest absolute Gasteiger partial charge is 0.446 e. The SMILES string of the molecule is CCCCCC(CCC)OC(=O)NC(C)(C)c1ccc(-c2ccc(C(=O)N3CC(F)(F)C3)cc2)cc1. The molecule has 0 aliphatic carbocycles. The van der Waals surface area contributed by atoms with Crippen molar-refractivity contribution >= 4 is 12.0 Å². The number of alkyl carbamates (subject to hydrolysis) is 1. The van der Waals surface area contributed by atoms with Gasteiger partial charge >= 0.3 is 6.09 Å². The molecule has 5 nitrogen and oxygen atoms in total. The lowest BCUT2D eigenvalue weighted by Gasteiger charge is -2.38. The maximum Gasteiger partial charge on any atom is 0.408 e. The van der Waals surface area contributed by atoms with E-state index >= 15 is 0 Å². The Labute approximate surface area is 213 Å². The van der Waals surface area contributed by atoms with E-state index in [0.29, 0.717) is 5.56 Å². The maximum absolute atomic E-state index is 13.1. The molecule has 7 heteroatoms. The Hall–Kier alpha value is -2.96. The molecule has 1 atom stereocenters. The fourth-order valence-electron chi connectivity index (χ4n) is 4.44. The first kappa shape index (κ1) is 27.6. The van der Waals surface area contributed by atoms with Crippen molar-refractivity contribution in [2.75, 3.05) is 13.1 Å². The molecule has 1 aliphatic rings. The standard InChI is InChI=1S/C29H38F2N2O3/c1-5-7-8-10-25(9-6-2)36-27(35)32-28(3,4)24-17-15-22(16-18-24)21-11-13-23(14-12-21)26(34)33-19-29(30,31)20-33/h11-18,25H,5-10,19-20H2,1-4H3,(H,32,35). The summed E-state index contributed by atoms with van der Waals surface area (Å²) in [4.78, 5) is 26.1.